The van der Waals surface area contributed by atoms with Gasteiger partial charge in [-0.15, -0.1) is 0 Å². The molecule has 128 valence electrons. The third-order valence-corrected chi connectivity index (χ3v) is 3.74. The van der Waals surface area contributed by atoms with E-state index in [4.69, 9.17) is 4.42 Å². The predicted octanol–water partition coefficient (Wildman–Crippen LogP) is 2.32. The van der Waals surface area contributed by atoms with Crippen LogP contribution in [0.1, 0.15) is 24.3 Å². The fourth-order valence-corrected chi connectivity index (χ4v) is 2.37. The third-order valence-electron chi connectivity index (χ3n) is 3.74. The summed E-state index contributed by atoms with van der Waals surface area (Å²) in [6.45, 7) is 7.09. The van der Waals surface area contributed by atoms with Crippen molar-refractivity contribution in [3.8, 4) is 11.3 Å². The van der Waals surface area contributed by atoms with E-state index in [1.165, 1.54) is 12.1 Å². The summed E-state index contributed by atoms with van der Waals surface area (Å²) in [6, 6.07) is 6.10. The van der Waals surface area contributed by atoms with Crippen LogP contribution in [0.4, 0.5) is 5.69 Å². The zero-order valence-corrected chi connectivity index (χ0v) is 13.7. The molecule has 0 radical (unpaired) electrons. The molecule has 8 heteroatoms. The van der Waals surface area contributed by atoms with Crippen molar-refractivity contribution in [3.63, 3.8) is 0 Å². The van der Waals surface area contributed by atoms with Gasteiger partial charge in [-0.3, -0.25) is 14.9 Å². The number of benzene rings is 1. The number of para-hydroxylation sites is 1. The van der Waals surface area contributed by atoms with E-state index in [1.54, 1.807) is 12.1 Å². The number of nitrogens with one attached hydrogen (secondary N) is 1. The van der Waals surface area contributed by atoms with Gasteiger partial charge in [0.15, 0.2) is 17.8 Å². The summed E-state index contributed by atoms with van der Waals surface area (Å²) < 4.78 is 5.25. The number of carbonyl (C=O) groups excluding carboxylic acids is 1. The number of amides is 1. The number of oxazole rings is 1. The first kappa shape index (κ1) is 17.6. The van der Waals surface area contributed by atoms with Crippen LogP contribution in [-0.2, 0) is 0 Å². The smallest absolute Gasteiger partial charge is 0.280 e. The highest BCUT2D eigenvalue weighted by atomic mass is 16.6. The highest BCUT2D eigenvalue weighted by Gasteiger charge is 2.24. The molecule has 1 amide bonds. The van der Waals surface area contributed by atoms with Crippen LogP contribution in [0.25, 0.3) is 11.3 Å². The molecule has 0 aliphatic carbocycles. The summed E-state index contributed by atoms with van der Waals surface area (Å²) in [6.07, 6.45) is 1.12. The highest BCUT2D eigenvalue weighted by Crippen LogP contribution is 2.31. The van der Waals surface area contributed by atoms with E-state index < -0.39 is 10.8 Å². The molecule has 0 unspecified atom stereocenters. The fourth-order valence-electron chi connectivity index (χ4n) is 2.37. The summed E-state index contributed by atoms with van der Waals surface area (Å²) in [5, 5.41) is 13.9. The number of likely N-dealkylation sites (N-methyl/N-ethyl adjacent to an activating group) is 1. The lowest BCUT2D eigenvalue weighted by atomic mass is 10.1. The quantitative estimate of drug-likeness (QED) is 0.588. The van der Waals surface area contributed by atoms with Crippen LogP contribution in [-0.4, -0.2) is 46.9 Å². The van der Waals surface area contributed by atoms with E-state index in [0.717, 1.165) is 26.0 Å². The molecule has 2 aromatic rings. The Morgan fingerprint density at radius 2 is 2.04 bits per heavy atom. The topological polar surface area (TPSA) is 102 Å². The first-order chi connectivity index (χ1) is 11.6. The molecule has 0 saturated heterocycles. The lowest BCUT2D eigenvalue weighted by molar-refractivity contribution is -0.384. The lowest BCUT2D eigenvalue weighted by Crippen LogP contribution is -2.35. The Balaban J connectivity index is 2.16. The van der Waals surface area contributed by atoms with Gasteiger partial charge < -0.3 is 14.6 Å². The molecule has 8 nitrogen and oxygen atoms in total. The first-order valence-electron chi connectivity index (χ1n) is 7.76. The minimum Gasteiger partial charge on any atom is -0.442 e. The van der Waals surface area contributed by atoms with Crippen molar-refractivity contribution in [2.45, 2.75) is 13.8 Å². The molecule has 1 aromatic carbocycles. The summed E-state index contributed by atoms with van der Waals surface area (Å²) in [5.74, 6) is -0.313. The Bertz CT molecular complexity index is 710. The Labute approximate surface area is 139 Å². The van der Waals surface area contributed by atoms with Crippen molar-refractivity contribution in [2.75, 3.05) is 26.2 Å². The van der Waals surface area contributed by atoms with Crippen molar-refractivity contribution >= 4 is 11.6 Å². The van der Waals surface area contributed by atoms with Crippen LogP contribution < -0.4 is 5.32 Å². The van der Waals surface area contributed by atoms with E-state index >= 15 is 0 Å². The maximum Gasteiger partial charge on any atom is 0.280 e. The molecule has 0 saturated carbocycles. The zero-order valence-electron chi connectivity index (χ0n) is 13.7. The van der Waals surface area contributed by atoms with Crippen molar-refractivity contribution in [3.05, 3.63) is 46.5 Å². The van der Waals surface area contributed by atoms with Gasteiger partial charge in [0.25, 0.3) is 11.6 Å². The van der Waals surface area contributed by atoms with Crippen LogP contribution in [0.15, 0.2) is 35.1 Å². The Kier molecular flexibility index (Phi) is 6.02. The van der Waals surface area contributed by atoms with E-state index in [9.17, 15) is 14.9 Å². The van der Waals surface area contributed by atoms with Crippen LogP contribution in [0.5, 0.6) is 0 Å². The van der Waals surface area contributed by atoms with Gasteiger partial charge in [-0.1, -0.05) is 26.0 Å². The van der Waals surface area contributed by atoms with Gasteiger partial charge in [0.2, 0.25) is 0 Å². The van der Waals surface area contributed by atoms with Gasteiger partial charge >= 0.3 is 0 Å². The maximum atomic E-state index is 12.3. The van der Waals surface area contributed by atoms with E-state index in [1.807, 2.05) is 0 Å². The number of nitro groups is 1. The van der Waals surface area contributed by atoms with Crippen LogP contribution >= 0.6 is 0 Å². The monoisotopic (exact) mass is 332 g/mol. The predicted molar refractivity (Wildman–Crippen MR) is 88.7 cm³/mol. The fraction of sp³-hybridized carbons (Fsp3) is 0.375. The third kappa shape index (κ3) is 3.96. The second-order valence-electron chi connectivity index (χ2n) is 5.09. The average molecular weight is 332 g/mol. The van der Waals surface area contributed by atoms with Gasteiger partial charge in [0.1, 0.15) is 0 Å². The summed E-state index contributed by atoms with van der Waals surface area (Å²) >= 11 is 0. The molecule has 24 heavy (non-hydrogen) atoms. The minimum absolute atomic E-state index is 0.0452. The van der Waals surface area contributed by atoms with Crippen molar-refractivity contribution in [1.29, 1.82) is 0 Å². The molecule has 0 aliphatic heterocycles. The van der Waals surface area contributed by atoms with Crippen molar-refractivity contribution in [2.24, 2.45) is 0 Å². The lowest BCUT2D eigenvalue weighted by Gasteiger charge is -2.17. The van der Waals surface area contributed by atoms with Gasteiger partial charge in [0, 0.05) is 19.2 Å². The molecule has 0 fully saturated rings. The number of aromatic nitrogens is 1. The molecule has 0 atom stereocenters. The summed E-state index contributed by atoms with van der Waals surface area (Å²) in [7, 11) is 0. The highest BCUT2D eigenvalue weighted by molar-refractivity contribution is 5.98. The Hall–Kier alpha value is -2.74. The van der Waals surface area contributed by atoms with Gasteiger partial charge in [-0.2, -0.15) is 0 Å². The van der Waals surface area contributed by atoms with Gasteiger partial charge in [-0.25, -0.2) is 4.98 Å². The minimum atomic E-state index is -0.514. The molecular weight excluding hydrogens is 312 g/mol. The first-order valence-corrected chi connectivity index (χ1v) is 7.76. The number of nitro benzene ring substituents is 1. The van der Waals surface area contributed by atoms with E-state index in [2.05, 4.69) is 29.0 Å². The average Bonchev–Trinajstić information content (AvgIpc) is 3.08. The van der Waals surface area contributed by atoms with Crippen LogP contribution in [0.2, 0.25) is 0 Å². The molecule has 0 aliphatic rings. The standard InChI is InChI=1S/C16H20N4O4/c1-3-19(4-2)10-9-17-16(21)14-15(24-11-18-14)12-7-5-6-8-13(12)20(22)23/h5-8,11H,3-4,9-10H2,1-2H3,(H,17,21). The second kappa shape index (κ2) is 8.21. The molecule has 1 N–H and O–H groups in total. The van der Waals surface area contributed by atoms with Crippen LogP contribution in [0.3, 0.4) is 0 Å². The Morgan fingerprint density at radius 3 is 2.71 bits per heavy atom. The molecular formula is C16H20N4O4. The van der Waals surface area contributed by atoms with E-state index in [0.29, 0.717) is 6.54 Å². The van der Waals surface area contributed by atoms with Crippen molar-refractivity contribution in [1.82, 2.24) is 15.2 Å². The van der Waals surface area contributed by atoms with Crippen LogP contribution in [0, 0.1) is 10.1 Å². The van der Waals surface area contributed by atoms with Gasteiger partial charge in [-0.05, 0) is 19.2 Å². The molecule has 0 spiro atoms. The maximum absolute atomic E-state index is 12.3. The number of nitrogens with zero attached hydrogens (tertiary/aromatic N) is 3. The Morgan fingerprint density at radius 1 is 1.33 bits per heavy atom. The second-order valence-corrected chi connectivity index (χ2v) is 5.09. The largest absolute Gasteiger partial charge is 0.442 e. The summed E-state index contributed by atoms with van der Waals surface area (Å²) in [4.78, 5) is 29.0. The number of rotatable bonds is 8. The molecule has 0 bridgehead atoms. The van der Waals surface area contributed by atoms with Gasteiger partial charge in [0.05, 0.1) is 10.5 Å². The summed E-state index contributed by atoms with van der Waals surface area (Å²) in [5.41, 5.74) is 0.143. The molecule has 1 heterocycles. The molecule has 2 rings (SSSR count). The van der Waals surface area contributed by atoms with E-state index in [-0.39, 0.29) is 22.7 Å². The SMILES string of the molecule is CCN(CC)CCNC(=O)c1ncoc1-c1ccccc1[N+](=O)[O-]. The number of hydrogen-bond acceptors (Lipinski definition) is 6. The zero-order chi connectivity index (χ0) is 17.5. The number of carbonyl (C=O) groups is 1. The molecule has 1 aromatic heterocycles. The van der Waals surface area contributed by atoms with Crippen molar-refractivity contribution < 1.29 is 14.1 Å². The number of hydrogen-bond donors (Lipinski definition) is 1. The normalized spacial score (nSPS) is 10.8.